The van der Waals surface area contributed by atoms with E-state index in [4.69, 9.17) is 16.7 Å². The molecule has 8 heteroatoms. The van der Waals surface area contributed by atoms with Crippen LogP contribution in [0.5, 0.6) is 0 Å². The minimum absolute atomic E-state index is 0.223. The van der Waals surface area contributed by atoms with Crippen molar-refractivity contribution < 1.29 is 18.3 Å². The molecule has 0 aliphatic rings. The van der Waals surface area contributed by atoms with Crippen molar-refractivity contribution in [2.75, 3.05) is 12.0 Å². The minimum atomic E-state index is -3.39. The number of sulfone groups is 1. The van der Waals surface area contributed by atoms with Crippen LogP contribution in [0.3, 0.4) is 0 Å². The first-order chi connectivity index (χ1) is 11.1. The number of benzene rings is 1. The first-order valence-electron chi connectivity index (χ1n) is 7.33. The van der Waals surface area contributed by atoms with Gasteiger partial charge in [-0.2, -0.15) is 0 Å². The van der Waals surface area contributed by atoms with E-state index < -0.39 is 22.0 Å². The number of nitrogens with zero attached hydrogens (tertiary/aromatic N) is 1. The monoisotopic (exact) mass is 370 g/mol. The first kappa shape index (κ1) is 18.5. The molecule has 1 heterocycles. The predicted octanol–water partition coefficient (Wildman–Crippen LogP) is 3.36. The lowest BCUT2D eigenvalue weighted by Crippen LogP contribution is -2.32. The second-order valence-electron chi connectivity index (χ2n) is 6.05. The van der Waals surface area contributed by atoms with Crippen molar-refractivity contribution in [3.05, 3.63) is 40.7 Å². The van der Waals surface area contributed by atoms with E-state index in [0.717, 1.165) is 17.2 Å². The third-order valence-corrected chi connectivity index (χ3v) is 4.85. The molecule has 24 heavy (non-hydrogen) atoms. The number of rotatable bonds is 5. The van der Waals surface area contributed by atoms with Gasteiger partial charge in [-0.3, -0.25) is 0 Å². The van der Waals surface area contributed by atoms with E-state index in [0.29, 0.717) is 16.1 Å². The molecule has 1 unspecified atom stereocenters. The third kappa shape index (κ3) is 4.36. The number of hydrogen-bond donors (Lipinski definition) is 2. The van der Waals surface area contributed by atoms with Gasteiger partial charge in [-0.1, -0.05) is 37.6 Å². The molecule has 0 fully saturated rings. The molecule has 1 atom stereocenters. The van der Waals surface area contributed by atoms with Crippen molar-refractivity contribution in [2.45, 2.75) is 25.8 Å². The maximum absolute atomic E-state index is 11.7. The summed E-state index contributed by atoms with van der Waals surface area (Å²) in [4.78, 5) is 15.2. The molecule has 0 aliphatic carbocycles. The fraction of sp³-hybridized carbons (Fsp3) is 0.375. The van der Waals surface area contributed by atoms with E-state index in [1.807, 2.05) is 19.9 Å². The highest BCUT2D eigenvalue weighted by molar-refractivity contribution is 7.90. The molecular weight excluding hydrogens is 352 g/mol. The molecule has 0 radical (unpaired) electrons. The molecule has 0 saturated heterocycles. The largest absolute Gasteiger partial charge is 0.465 e. The molecule has 0 spiro atoms. The number of carbonyl (C=O) groups is 1. The van der Waals surface area contributed by atoms with Crippen LogP contribution in [0.15, 0.2) is 24.4 Å². The van der Waals surface area contributed by atoms with E-state index >= 15 is 0 Å². The van der Waals surface area contributed by atoms with Crippen molar-refractivity contribution >= 4 is 38.3 Å². The van der Waals surface area contributed by atoms with Crippen molar-refractivity contribution in [2.24, 2.45) is 0 Å². The van der Waals surface area contributed by atoms with Crippen LogP contribution in [-0.2, 0) is 9.84 Å². The normalized spacial score (nSPS) is 13.2. The Hall–Kier alpha value is -1.86. The Morgan fingerprint density at radius 3 is 2.46 bits per heavy atom. The zero-order valence-electron chi connectivity index (χ0n) is 13.6. The van der Waals surface area contributed by atoms with Crippen LogP contribution in [0.2, 0.25) is 5.15 Å². The van der Waals surface area contributed by atoms with Gasteiger partial charge in [0.1, 0.15) is 15.0 Å². The van der Waals surface area contributed by atoms with Crippen LogP contribution in [-0.4, -0.2) is 36.6 Å². The Balaban J connectivity index is 2.69. The molecule has 1 amide bonds. The Bertz CT molecular complexity index is 881. The summed E-state index contributed by atoms with van der Waals surface area (Å²) in [6, 6.07) is 4.45. The zero-order valence-corrected chi connectivity index (χ0v) is 15.1. The molecule has 0 saturated carbocycles. The number of nitrogens with one attached hydrogen (secondary N) is 1. The number of pyridine rings is 1. The maximum Gasteiger partial charge on any atom is 0.405 e. The van der Waals surface area contributed by atoms with Gasteiger partial charge in [-0.25, -0.2) is 18.2 Å². The Morgan fingerprint density at radius 2 is 1.92 bits per heavy atom. The molecule has 6 nitrogen and oxygen atoms in total. The van der Waals surface area contributed by atoms with Crippen LogP contribution in [0.1, 0.15) is 36.9 Å². The van der Waals surface area contributed by atoms with Gasteiger partial charge in [0.2, 0.25) is 0 Å². The highest BCUT2D eigenvalue weighted by Crippen LogP contribution is 2.32. The van der Waals surface area contributed by atoms with Gasteiger partial charge in [0.05, 0.1) is 11.8 Å². The van der Waals surface area contributed by atoms with Crippen LogP contribution in [0.25, 0.3) is 10.8 Å². The predicted molar refractivity (Wildman–Crippen MR) is 94.5 cm³/mol. The number of carboxylic acid groups (broad SMARTS) is 1. The molecule has 2 aromatic rings. The second-order valence-corrected chi connectivity index (χ2v) is 8.62. The van der Waals surface area contributed by atoms with Crippen molar-refractivity contribution in [1.82, 2.24) is 10.3 Å². The maximum atomic E-state index is 11.7. The average molecular weight is 371 g/mol. The fourth-order valence-electron chi connectivity index (χ4n) is 2.73. The van der Waals surface area contributed by atoms with E-state index in [9.17, 15) is 13.2 Å². The van der Waals surface area contributed by atoms with Crippen LogP contribution >= 0.6 is 11.6 Å². The molecule has 130 valence electrons. The van der Waals surface area contributed by atoms with E-state index in [2.05, 4.69) is 10.3 Å². The second kappa shape index (κ2) is 6.94. The average Bonchev–Trinajstić information content (AvgIpc) is 2.42. The van der Waals surface area contributed by atoms with Gasteiger partial charge >= 0.3 is 6.09 Å². The summed E-state index contributed by atoms with van der Waals surface area (Å²) in [7, 11) is -3.39. The summed E-state index contributed by atoms with van der Waals surface area (Å²) >= 11 is 6.00. The highest BCUT2D eigenvalue weighted by Gasteiger charge is 2.23. The third-order valence-electron chi connectivity index (χ3n) is 3.70. The molecule has 1 aromatic heterocycles. The standard InChI is InChI=1S/C16H19ClN2O4S/c1-9(2)10-4-5-11(13-7-18-15(17)6-12(10)13)14(19-16(20)21)8-24(3,22)23/h4-7,9,14,19H,8H2,1-3H3,(H,20,21). The number of fused-ring (bicyclic) bond motifs is 1. The summed E-state index contributed by atoms with van der Waals surface area (Å²) < 4.78 is 23.4. The van der Waals surface area contributed by atoms with E-state index in [-0.39, 0.29) is 11.7 Å². The minimum Gasteiger partial charge on any atom is -0.465 e. The lowest BCUT2D eigenvalue weighted by atomic mass is 9.92. The molecule has 2 rings (SSSR count). The van der Waals surface area contributed by atoms with Gasteiger partial charge in [-0.15, -0.1) is 0 Å². The molecule has 0 bridgehead atoms. The van der Waals surface area contributed by atoms with Crippen LogP contribution in [0.4, 0.5) is 4.79 Å². The molecule has 2 N–H and O–H groups in total. The lowest BCUT2D eigenvalue weighted by Gasteiger charge is -2.20. The summed E-state index contributed by atoms with van der Waals surface area (Å²) in [5.41, 5.74) is 1.60. The highest BCUT2D eigenvalue weighted by atomic mass is 35.5. The van der Waals surface area contributed by atoms with Gasteiger partial charge in [0, 0.05) is 17.8 Å². The molecule has 0 aliphatic heterocycles. The summed E-state index contributed by atoms with van der Waals surface area (Å²) in [6.07, 6.45) is 1.34. The Kier molecular flexibility index (Phi) is 5.35. The van der Waals surface area contributed by atoms with Crippen molar-refractivity contribution in [3.8, 4) is 0 Å². The van der Waals surface area contributed by atoms with Crippen molar-refractivity contribution in [3.63, 3.8) is 0 Å². The van der Waals surface area contributed by atoms with E-state index in [1.54, 1.807) is 18.3 Å². The summed E-state index contributed by atoms with van der Waals surface area (Å²) in [5, 5.41) is 13.2. The number of halogens is 1. The Labute approximate surface area is 145 Å². The summed E-state index contributed by atoms with van der Waals surface area (Å²) in [5.74, 6) is -0.112. The number of amides is 1. The zero-order chi connectivity index (χ0) is 18.1. The lowest BCUT2D eigenvalue weighted by molar-refractivity contribution is 0.191. The molecule has 1 aromatic carbocycles. The SMILES string of the molecule is CC(C)c1ccc(C(CS(C)(=O)=O)NC(=O)O)c2cnc(Cl)cc12. The summed E-state index contributed by atoms with van der Waals surface area (Å²) in [6.45, 7) is 4.07. The van der Waals surface area contributed by atoms with E-state index in [1.165, 1.54) is 0 Å². The Morgan fingerprint density at radius 1 is 1.29 bits per heavy atom. The topological polar surface area (TPSA) is 96.4 Å². The van der Waals surface area contributed by atoms with Crippen LogP contribution in [0, 0.1) is 0 Å². The first-order valence-corrected chi connectivity index (χ1v) is 9.77. The molecular formula is C16H19ClN2O4S. The number of hydrogen-bond acceptors (Lipinski definition) is 4. The quantitative estimate of drug-likeness (QED) is 0.786. The van der Waals surface area contributed by atoms with Gasteiger partial charge in [0.25, 0.3) is 0 Å². The van der Waals surface area contributed by atoms with Gasteiger partial charge < -0.3 is 10.4 Å². The number of aromatic nitrogens is 1. The van der Waals surface area contributed by atoms with Crippen molar-refractivity contribution in [1.29, 1.82) is 0 Å². The van der Waals surface area contributed by atoms with Crippen LogP contribution < -0.4 is 5.32 Å². The fourth-order valence-corrected chi connectivity index (χ4v) is 3.75. The van der Waals surface area contributed by atoms with Gasteiger partial charge in [0.15, 0.2) is 0 Å². The van der Waals surface area contributed by atoms with Gasteiger partial charge in [-0.05, 0) is 28.5 Å². The smallest absolute Gasteiger partial charge is 0.405 e.